The zero-order chi connectivity index (χ0) is 24.2. The number of allylic oxidation sites excluding steroid dienone is 1. The fourth-order valence-corrected chi connectivity index (χ4v) is 4.75. The molecule has 2 aromatic carbocycles. The number of halogens is 2. The number of thioether (sulfide) groups is 1. The van der Waals surface area contributed by atoms with Gasteiger partial charge in [0.05, 0.1) is 12.2 Å². The van der Waals surface area contributed by atoms with Gasteiger partial charge in [0.25, 0.3) is 0 Å². The van der Waals surface area contributed by atoms with Gasteiger partial charge in [-0.1, -0.05) is 58.3 Å². The number of hydrogen-bond acceptors (Lipinski definition) is 7. The SMILES string of the molecule is CCOC(=O)C1=C(C)Nc2nc(SCC)nn2C1c1cc(Br)ccc1OCc1ccc(Cl)cc1. The molecule has 1 aromatic heterocycles. The minimum absolute atomic E-state index is 0.266. The predicted octanol–water partition coefficient (Wildman–Crippen LogP) is 6.24. The lowest BCUT2D eigenvalue weighted by Crippen LogP contribution is -2.30. The number of nitrogens with zero attached hydrogens (tertiary/aromatic N) is 3. The number of carbonyl (C=O) groups is 1. The maximum absolute atomic E-state index is 13.1. The van der Waals surface area contributed by atoms with Crippen molar-refractivity contribution in [2.75, 3.05) is 17.7 Å². The second-order valence-electron chi connectivity index (χ2n) is 7.48. The molecule has 34 heavy (non-hydrogen) atoms. The average Bonchev–Trinajstić information content (AvgIpc) is 3.20. The number of aromatic nitrogens is 3. The largest absolute Gasteiger partial charge is 0.489 e. The van der Waals surface area contributed by atoms with Crippen molar-refractivity contribution in [3.05, 3.63) is 74.4 Å². The normalized spacial score (nSPS) is 15.0. The van der Waals surface area contributed by atoms with Gasteiger partial charge in [-0.05, 0) is 55.5 Å². The van der Waals surface area contributed by atoms with Crippen LogP contribution < -0.4 is 10.1 Å². The Hall–Kier alpha value is -2.49. The van der Waals surface area contributed by atoms with Crippen LogP contribution in [0.3, 0.4) is 0 Å². The third-order valence-corrected chi connectivity index (χ3v) is 6.64. The van der Waals surface area contributed by atoms with Crippen LogP contribution in [-0.2, 0) is 16.1 Å². The van der Waals surface area contributed by atoms with Crippen LogP contribution in [0.25, 0.3) is 0 Å². The Labute approximate surface area is 216 Å². The van der Waals surface area contributed by atoms with E-state index in [0.717, 1.165) is 21.4 Å². The maximum atomic E-state index is 13.1. The minimum atomic E-state index is -0.577. The van der Waals surface area contributed by atoms with E-state index in [1.807, 2.05) is 56.3 Å². The van der Waals surface area contributed by atoms with Crippen LogP contribution in [-0.4, -0.2) is 33.1 Å². The summed E-state index contributed by atoms with van der Waals surface area (Å²) in [5.41, 5.74) is 2.87. The Morgan fingerprint density at radius 2 is 2.00 bits per heavy atom. The van der Waals surface area contributed by atoms with E-state index in [2.05, 4.69) is 26.2 Å². The molecule has 3 aromatic rings. The van der Waals surface area contributed by atoms with Crippen molar-refractivity contribution in [1.82, 2.24) is 14.8 Å². The molecular weight excluding hydrogens is 540 g/mol. The van der Waals surface area contributed by atoms with Crippen molar-refractivity contribution in [2.24, 2.45) is 0 Å². The van der Waals surface area contributed by atoms with E-state index in [4.69, 9.17) is 26.2 Å². The average molecular weight is 564 g/mol. The third kappa shape index (κ3) is 5.26. The van der Waals surface area contributed by atoms with Gasteiger partial charge in [-0.2, -0.15) is 4.98 Å². The zero-order valence-electron chi connectivity index (χ0n) is 19.0. The lowest BCUT2D eigenvalue weighted by Gasteiger charge is -2.29. The van der Waals surface area contributed by atoms with Crippen molar-refractivity contribution in [3.8, 4) is 5.75 Å². The first-order valence-corrected chi connectivity index (χ1v) is 13.0. The van der Waals surface area contributed by atoms with Crippen molar-refractivity contribution < 1.29 is 14.3 Å². The fourth-order valence-electron chi connectivity index (χ4n) is 3.69. The van der Waals surface area contributed by atoms with E-state index < -0.39 is 12.0 Å². The standard InChI is InChI=1S/C24H24BrClN4O3S/c1-4-32-22(31)20-14(3)27-23-28-24(34-5-2)29-30(23)21(20)18-12-16(25)8-11-19(18)33-13-15-6-9-17(26)10-7-15/h6-12,21H,4-5,13H2,1-3H3,(H,27,28,29). The van der Waals surface area contributed by atoms with E-state index in [0.29, 0.717) is 39.8 Å². The smallest absolute Gasteiger partial charge is 0.338 e. The van der Waals surface area contributed by atoms with Gasteiger partial charge >= 0.3 is 5.97 Å². The summed E-state index contributed by atoms with van der Waals surface area (Å²) in [5.74, 6) is 1.62. The molecule has 0 spiro atoms. The van der Waals surface area contributed by atoms with E-state index in [1.54, 1.807) is 11.6 Å². The topological polar surface area (TPSA) is 78.3 Å². The van der Waals surface area contributed by atoms with Gasteiger partial charge in [-0.3, -0.25) is 0 Å². The number of nitrogens with one attached hydrogen (secondary N) is 1. The van der Waals surface area contributed by atoms with E-state index in [1.165, 1.54) is 11.8 Å². The summed E-state index contributed by atoms with van der Waals surface area (Å²) in [6.45, 7) is 6.28. The van der Waals surface area contributed by atoms with Crippen LogP contribution in [0.4, 0.5) is 5.95 Å². The Morgan fingerprint density at radius 1 is 1.24 bits per heavy atom. The highest BCUT2D eigenvalue weighted by Gasteiger charge is 2.37. The number of anilines is 1. The van der Waals surface area contributed by atoms with Crippen LogP contribution in [0.1, 0.15) is 37.9 Å². The number of benzene rings is 2. The van der Waals surface area contributed by atoms with Gasteiger partial charge in [0, 0.05) is 20.8 Å². The third-order valence-electron chi connectivity index (χ3n) is 5.18. The minimum Gasteiger partial charge on any atom is -0.489 e. The summed E-state index contributed by atoms with van der Waals surface area (Å²) < 4.78 is 14.2. The molecule has 1 aliphatic heterocycles. The van der Waals surface area contributed by atoms with Gasteiger partial charge in [-0.25, -0.2) is 9.48 Å². The first kappa shape index (κ1) is 24.6. The Bertz CT molecular complexity index is 1230. The molecule has 178 valence electrons. The highest BCUT2D eigenvalue weighted by atomic mass is 79.9. The quantitative estimate of drug-likeness (QED) is 0.257. The molecule has 0 radical (unpaired) electrons. The van der Waals surface area contributed by atoms with E-state index in [9.17, 15) is 4.79 Å². The molecule has 4 rings (SSSR count). The molecule has 0 saturated carbocycles. The molecule has 10 heteroatoms. The first-order valence-electron chi connectivity index (χ1n) is 10.8. The fraction of sp³-hybridized carbons (Fsp3) is 0.292. The second kappa shape index (κ2) is 10.8. The van der Waals surface area contributed by atoms with Gasteiger partial charge < -0.3 is 14.8 Å². The summed E-state index contributed by atoms with van der Waals surface area (Å²) in [7, 11) is 0. The van der Waals surface area contributed by atoms with E-state index in [-0.39, 0.29) is 6.61 Å². The summed E-state index contributed by atoms with van der Waals surface area (Å²) >= 11 is 11.1. The predicted molar refractivity (Wildman–Crippen MR) is 137 cm³/mol. The molecule has 1 atom stereocenters. The molecule has 0 saturated heterocycles. The number of ether oxygens (including phenoxy) is 2. The van der Waals surface area contributed by atoms with Crippen molar-refractivity contribution >= 4 is 51.2 Å². The van der Waals surface area contributed by atoms with E-state index >= 15 is 0 Å². The summed E-state index contributed by atoms with van der Waals surface area (Å²) in [6.07, 6.45) is 0. The highest BCUT2D eigenvalue weighted by molar-refractivity contribution is 9.10. The molecule has 1 aliphatic rings. The molecule has 0 fully saturated rings. The molecule has 7 nitrogen and oxygen atoms in total. The summed E-state index contributed by atoms with van der Waals surface area (Å²) in [4.78, 5) is 17.7. The molecule has 0 amide bonds. The lowest BCUT2D eigenvalue weighted by molar-refractivity contribution is -0.139. The van der Waals surface area contributed by atoms with Gasteiger partial charge in [-0.15, -0.1) is 5.10 Å². The number of carbonyl (C=O) groups excluding carboxylic acids is 1. The van der Waals surface area contributed by atoms with Crippen molar-refractivity contribution in [1.29, 1.82) is 0 Å². The van der Waals surface area contributed by atoms with Crippen LogP contribution in [0, 0.1) is 0 Å². The Balaban J connectivity index is 1.80. The summed E-state index contributed by atoms with van der Waals surface area (Å²) in [5, 5.41) is 9.22. The summed E-state index contributed by atoms with van der Waals surface area (Å²) in [6, 6.07) is 12.7. The van der Waals surface area contributed by atoms with Gasteiger partial charge in [0.2, 0.25) is 11.1 Å². The second-order valence-corrected chi connectivity index (χ2v) is 10.1. The van der Waals surface area contributed by atoms with Crippen LogP contribution in [0.5, 0.6) is 5.75 Å². The van der Waals surface area contributed by atoms with Crippen LogP contribution in [0.15, 0.2) is 63.4 Å². The van der Waals surface area contributed by atoms with Crippen LogP contribution >= 0.6 is 39.3 Å². The van der Waals surface area contributed by atoms with Gasteiger partial charge in [0.1, 0.15) is 18.4 Å². The van der Waals surface area contributed by atoms with Crippen LogP contribution in [0.2, 0.25) is 5.02 Å². The number of fused-ring (bicyclic) bond motifs is 1. The number of esters is 1. The number of rotatable bonds is 8. The highest BCUT2D eigenvalue weighted by Crippen LogP contribution is 2.41. The number of hydrogen-bond donors (Lipinski definition) is 1. The molecule has 0 bridgehead atoms. The van der Waals surface area contributed by atoms with Crippen molar-refractivity contribution in [2.45, 2.75) is 38.6 Å². The lowest BCUT2D eigenvalue weighted by atomic mass is 9.95. The molecular formula is C24H24BrClN4O3S. The zero-order valence-corrected chi connectivity index (χ0v) is 22.1. The molecule has 2 heterocycles. The molecule has 1 N–H and O–H groups in total. The Kier molecular flexibility index (Phi) is 7.85. The molecule has 1 unspecified atom stereocenters. The van der Waals surface area contributed by atoms with Crippen molar-refractivity contribution in [3.63, 3.8) is 0 Å². The Morgan fingerprint density at radius 3 is 2.71 bits per heavy atom. The van der Waals surface area contributed by atoms with Gasteiger partial charge in [0.15, 0.2) is 0 Å². The molecule has 0 aliphatic carbocycles. The first-order chi connectivity index (χ1) is 16.4. The maximum Gasteiger partial charge on any atom is 0.338 e. The monoisotopic (exact) mass is 562 g/mol.